The predicted octanol–water partition coefficient (Wildman–Crippen LogP) is 3.52. The Morgan fingerprint density at radius 3 is 2.46 bits per heavy atom. The highest BCUT2D eigenvalue weighted by molar-refractivity contribution is 6.34. The van der Waals surface area contributed by atoms with Crippen molar-refractivity contribution in [2.24, 2.45) is 0 Å². The second-order valence-corrected chi connectivity index (χ2v) is 3.97. The number of nitrogens with zero attached hydrogens (tertiary/aromatic N) is 1. The number of halogens is 2. The van der Waals surface area contributed by atoms with Gasteiger partial charge in [-0.1, -0.05) is 23.2 Å². The minimum Gasteiger partial charge on any atom is -0.380 e. The fourth-order valence-electron chi connectivity index (χ4n) is 1.06. The number of aryl methyl sites for hydroxylation is 1. The Kier molecular flexibility index (Phi) is 3.40. The highest BCUT2D eigenvalue weighted by atomic mass is 35.5. The highest BCUT2D eigenvalue weighted by Gasteiger charge is 2.07. The number of nitrogens with one attached hydrogen (secondary N) is 1. The molecule has 0 radical (unpaired) electrons. The summed E-state index contributed by atoms with van der Waals surface area (Å²) in [6, 6.07) is 2.12. The van der Waals surface area contributed by atoms with Gasteiger partial charge in [0.15, 0.2) is 5.15 Å². The Bertz CT molecular complexity index is 287. The van der Waals surface area contributed by atoms with Gasteiger partial charge >= 0.3 is 0 Å². The molecule has 0 unspecified atom stereocenters. The van der Waals surface area contributed by atoms with Crippen molar-refractivity contribution in [1.82, 2.24) is 4.98 Å². The van der Waals surface area contributed by atoms with E-state index in [-0.39, 0.29) is 0 Å². The molecular formula is C9H12Cl2N2. The summed E-state index contributed by atoms with van der Waals surface area (Å²) in [4.78, 5) is 3.96. The molecule has 0 saturated heterocycles. The van der Waals surface area contributed by atoms with Crippen molar-refractivity contribution in [3.05, 3.63) is 21.9 Å². The summed E-state index contributed by atoms with van der Waals surface area (Å²) < 4.78 is 0. The quantitative estimate of drug-likeness (QED) is 0.769. The Morgan fingerprint density at radius 1 is 1.38 bits per heavy atom. The van der Waals surface area contributed by atoms with Gasteiger partial charge in [0, 0.05) is 6.04 Å². The number of aromatic nitrogens is 1. The first-order valence-electron chi connectivity index (χ1n) is 4.10. The van der Waals surface area contributed by atoms with Gasteiger partial charge in [0.25, 0.3) is 0 Å². The smallest absolute Gasteiger partial charge is 0.154 e. The molecule has 1 rings (SSSR count). The van der Waals surface area contributed by atoms with Gasteiger partial charge in [-0.25, -0.2) is 4.98 Å². The van der Waals surface area contributed by atoms with Gasteiger partial charge in [-0.3, -0.25) is 0 Å². The maximum atomic E-state index is 5.92. The lowest BCUT2D eigenvalue weighted by atomic mass is 10.2. The third-order valence-corrected chi connectivity index (χ3v) is 2.04. The van der Waals surface area contributed by atoms with Crippen molar-refractivity contribution in [2.45, 2.75) is 26.8 Å². The summed E-state index contributed by atoms with van der Waals surface area (Å²) in [7, 11) is 0. The van der Waals surface area contributed by atoms with E-state index < -0.39 is 0 Å². The van der Waals surface area contributed by atoms with E-state index in [1.165, 1.54) is 0 Å². The Hall–Kier alpha value is -0.470. The molecule has 0 bridgehead atoms. The summed E-state index contributed by atoms with van der Waals surface area (Å²) in [6.45, 7) is 6.04. The van der Waals surface area contributed by atoms with Crippen molar-refractivity contribution in [2.75, 3.05) is 5.32 Å². The van der Waals surface area contributed by atoms with E-state index in [1.54, 1.807) is 6.07 Å². The second kappa shape index (κ2) is 4.16. The van der Waals surface area contributed by atoms with Crippen LogP contribution < -0.4 is 5.32 Å². The summed E-state index contributed by atoms with van der Waals surface area (Å²) in [5.41, 5.74) is 1.87. The molecule has 0 fully saturated rings. The van der Waals surface area contributed by atoms with Gasteiger partial charge in [0.2, 0.25) is 0 Å². The van der Waals surface area contributed by atoms with E-state index in [1.807, 2.05) is 20.8 Å². The molecule has 0 aliphatic carbocycles. The van der Waals surface area contributed by atoms with E-state index >= 15 is 0 Å². The third kappa shape index (κ3) is 2.75. The van der Waals surface area contributed by atoms with E-state index in [2.05, 4.69) is 10.3 Å². The minimum atomic E-state index is 0.333. The summed E-state index contributed by atoms with van der Waals surface area (Å²) in [6.07, 6.45) is 0. The molecule has 72 valence electrons. The maximum absolute atomic E-state index is 5.92. The largest absolute Gasteiger partial charge is 0.380 e. The zero-order valence-corrected chi connectivity index (χ0v) is 9.37. The van der Waals surface area contributed by atoms with Crippen LogP contribution in [-0.4, -0.2) is 11.0 Å². The first-order chi connectivity index (χ1) is 6.00. The van der Waals surface area contributed by atoms with Gasteiger partial charge < -0.3 is 5.32 Å². The summed E-state index contributed by atoms with van der Waals surface area (Å²) in [5.74, 6) is 0. The second-order valence-electron chi connectivity index (χ2n) is 3.23. The summed E-state index contributed by atoms with van der Waals surface area (Å²) in [5, 5.41) is 4.07. The topological polar surface area (TPSA) is 24.9 Å². The zero-order chi connectivity index (χ0) is 10.0. The average Bonchev–Trinajstić information content (AvgIpc) is 1.96. The monoisotopic (exact) mass is 218 g/mol. The van der Waals surface area contributed by atoms with Crippen molar-refractivity contribution in [3.8, 4) is 0 Å². The van der Waals surface area contributed by atoms with Gasteiger partial charge in [-0.2, -0.15) is 0 Å². The van der Waals surface area contributed by atoms with Gasteiger partial charge in [-0.15, -0.1) is 0 Å². The highest BCUT2D eigenvalue weighted by Crippen LogP contribution is 2.26. The predicted molar refractivity (Wildman–Crippen MR) is 57.8 cm³/mol. The molecule has 0 atom stereocenters. The van der Waals surface area contributed by atoms with Gasteiger partial charge in [0.1, 0.15) is 5.15 Å². The standard InChI is InChI=1S/C9H12Cl2N2/c1-5(2)12-8-6(3)4-7(10)13-9(8)11/h4-5,12H,1-3H3. The van der Waals surface area contributed by atoms with E-state index in [0.717, 1.165) is 11.3 Å². The Balaban J connectivity index is 3.06. The van der Waals surface area contributed by atoms with Gasteiger partial charge in [-0.05, 0) is 32.4 Å². The zero-order valence-electron chi connectivity index (χ0n) is 7.86. The van der Waals surface area contributed by atoms with Crippen LogP contribution in [0.15, 0.2) is 6.07 Å². The van der Waals surface area contributed by atoms with E-state index in [4.69, 9.17) is 23.2 Å². The normalized spacial score (nSPS) is 10.6. The third-order valence-electron chi connectivity index (χ3n) is 1.57. The van der Waals surface area contributed by atoms with Crippen molar-refractivity contribution >= 4 is 28.9 Å². The van der Waals surface area contributed by atoms with Crippen LogP contribution in [0.5, 0.6) is 0 Å². The molecule has 0 saturated carbocycles. The van der Waals surface area contributed by atoms with Crippen molar-refractivity contribution in [1.29, 1.82) is 0 Å². The molecule has 1 heterocycles. The number of hydrogen-bond donors (Lipinski definition) is 1. The van der Waals surface area contributed by atoms with Crippen LogP contribution >= 0.6 is 23.2 Å². The molecule has 13 heavy (non-hydrogen) atoms. The van der Waals surface area contributed by atoms with Crippen molar-refractivity contribution < 1.29 is 0 Å². The Morgan fingerprint density at radius 2 is 2.00 bits per heavy atom. The lowest BCUT2D eigenvalue weighted by Crippen LogP contribution is -2.11. The van der Waals surface area contributed by atoms with Crippen LogP contribution in [0.4, 0.5) is 5.69 Å². The molecule has 0 aliphatic rings. The van der Waals surface area contributed by atoms with E-state index in [9.17, 15) is 0 Å². The molecule has 0 aromatic carbocycles. The number of rotatable bonds is 2. The van der Waals surface area contributed by atoms with Crippen LogP contribution in [0.3, 0.4) is 0 Å². The number of pyridine rings is 1. The average molecular weight is 219 g/mol. The summed E-state index contributed by atoms with van der Waals surface area (Å²) >= 11 is 11.7. The van der Waals surface area contributed by atoms with Crippen LogP contribution in [0.2, 0.25) is 10.3 Å². The van der Waals surface area contributed by atoms with E-state index in [0.29, 0.717) is 16.3 Å². The molecule has 4 heteroatoms. The van der Waals surface area contributed by atoms with Crippen LogP contribution in [0, 0.1) is 6.92 Å². The SMILES string of the molecule is Cc1cc(Cl)nc(Cl)c1NC(C)C. The maximum Gasteiger partial charge on any atom is 0.154 e. The van der Waals surface area contributed by atoms with Crippen molar-refractivity contribution in [3.63, 3.8) is 0 Å². The first-order valence-corrected chi connectivity index (χ1v) is 4.85. The molecule has 0 aliphatic heterocycles. The molecule has 1 aromatic heterocycles. The Labute approximate surface area is 88.3 Å². The number of hydrogen-bond acceptors (Lipinski definition) is 2. The first kappa shape index (κ1) is 10.6. The lowest BCUT2D eigenvalue weighted by Gasteiger charge is -2.13. The van der Waals surface area contributed by atoms with Crippen LogP contribution in [-0.2, 0) is 0 Å². The fourth-order valence-corrected chi connectivity index (χ4v) is 1.64. The molecule has 0 amide bonds. The molecule has 1 aromatic rings. The van der Waals surface area contributed by atoms with Gasteiger partial charge in [0.05, 0.1) is 5.69 Å². The molecular weight excluding hydrogens is 207 g/mol. The van der Waals surface area contributed by atoms with Crippen LogP contribution in [0.25, 0.3) is 0 Å². The molecule has 0 spiro atoms. The number of anilines is 1. The minimum absolute atomic E-state index is 0.333. The fraction of sp³-hybridized carbons (Fsp3) is 0.444. The molecule has 1 N–H and O–H groups in total. The molecule has 2 nitrogen and oxygen atoms in total. The van der Waals surface area contributed by atoms with Crippen LogP contribution in [0.1, 0.15) is 19.4 Å². The lowest BCUT2D eigenvalue weighted by molar-refractivity contribution is 0.895.